The molecule has 2 aliphatic rings. The van der Waals surface area contributed by atoms with E-state index in [4.69, 9.17) is 4.74 Å². The molecule has 1 saturated heterocycles. The van der Waals surface area contributed by atoms with Crippen molar-refractivity contribution in [1.82, 2.24) is 9.88 Å². The third-order valence-electron chi connectivity index (χ3n) is 5.12. The molecule has 0 amide bonds. The lowest BCUT2D eigenvalue weighted by Gasteiger charge is -2.17. The van der Waals surface area contributed by atoms with Crippen molar-refractivity contribution in [1.29, 1.82) is 0 Å². The number of likely N-dealkylation sites (N-methyl/N-ethyl adjacent to an activating group) is 1. The number of ether oxygens (including phenoxy) is 1. The van der Waals surface area contributed by atoms with Gasteiger partial charge in [0, 0.05) is 42.8 Å². The summed E-state index contributed by atoms with van der Waals surface area (Å²) in [6, 6.07) is 5.51. The van der Waals surface area contributed by atoms with Crippen molar-refractivity contribution in [3.8, 4) is 11.5 Å². The zero-order valence-corrected chi connectivity index (χ0v) is 13.8. The third-order valence-corrected chi connectivity index (χ3v) is 5.12. The summed E-state index contributed by atoms with van der Waals surface area (Å²) in [6.07, 6.45) is 1.90. The van der Waals surface area contributed by atoms with Crippen molar-refractivity contribution in [2.45, 2.75) is 32.6 Å². The fourth-order valence-corrected chi connectivity index (χ4v) is 3.83. The first-order chi connectivity index (χ1) is 11.1. The third kappa shape index (κ3) is 2.32. The first-order valence-electron chi connectivity index (χ1n) is 8.23. The number of pyridine rings is 1. The second-order valence-corrected chi connectivity index (χ2v) is 6.70. The smallest absolute Gasteiger partial charge is 0.149 e. The van der Waals surface area contributed by atoms with Gasteiger partial charge in [-0.1, -0.05) is 6.92 Å². The van der Waals surface area contributed by atoms with Gasteiger partial charge in [-0.05, 0) is 43.7 Å². The van der Waals surface area contributed by atoms with Gasteiger partial charge in [0.05, 0.1) is 5.69 Å². The van der Waals surface area contributed by atoms with Crippen LogP contribution in [0.2, 0.25) is 0 Å². The first-order valence-corrected chi connectivity index (χ1v) is 8.23. The zero-order valence-electron chi connectivity index (χ0n) is 13.8. The first kappa shape index (κ1) is 14.6. The molecule has 1 aromatic heterocycles. The largest absolute Gasteiger partial charge is 0.455 e. The van der Waals surface area contributed by atoms with Crippen molar-refractivity contribution >= 4 is 0 Å². The summed E-state index contributed by atoms with van der Waals surface area (Å²) in [6.45, 7) is 8.97. The van der Waals surface area contributed by atoms with Crippen molar-refractivity contribution < 1.29 is 9.13 Å². The molecule has 120 valence electrons. The Bertz CT molecular complexity index is 774. The lowest BCUT2D eigenvalue weighted by Crippen LogP contribution is -2.20. The molecule has 0 radical (unpaired) electrons. The van der Waals surface area contributed by atoms with Crippen LogP contribution in [0.3, 0.4) is 0 Å². The van der Waals surface area contributed by atoms with Crippen LogP contribution in [0.25, 0.3) is 0 Å². The number of nitrogens with zero attached hydrogens (tertiary/aromatic N) is 2. The number of hydrogen-bond donors (Lipinski definition) is 0. The maximum Gasteiger partial charge on any atom is 0.149 e. The molecule has 2 aromatic rings. The molecule has 2 aliphatic heterocycles. The molecule has 2 unspecified atom stereocenters. The van der Waals surface area contributed by atoms with Crippen LogP contribution in [0, 0.1) is 19.7 Å². The summed E-state index contributed by atoms with van der Waals surface area (Å²) >= 11 is 0. The number of aryl methyl sites for hydroxylation is 2. The van der Waals surface area contributed by atoms with E-state index in [-0.39, 0.29) is 5.82 Å². The highest BCUT2D eigenvalue weighted by atomic mass is 19.1. The molecular weight excluding hydrogens is 291 g/mol. The fraction of sp³-hybridized carbons (Fsp3) is 0.421. The Kier molecular flexibility index (Phi) is 3.38. The maximum atomic E-state index is 14.1. The molecule has 0 spiro atoms. The Balaban J connectivity index is 1.92. The molecule has 23 heavy (non-hydrogen) atoms. The Hall–Kier alpha value is -1.94. The number of fused-ring (bicyclic) bond motifs is 5. The maximum absolute atomic E-state index is 14.1. The van der Waals surface area contributed by atoms with Crippen molar-refractivity contribution in [2.75, 3.05) is 19.6 Å². The molecule has 0 saturated carbocycles. The van der Waals surface area contributed by atoms with E-state index in [0.717, 1.165) is 42.2 Å². The second kappa shape index (κ2) is 5.31. The van der Waals surface area contributed by atoms with E-state index in [0.29, 0.717) is 23.1 Å². The van der Waals surface area contributed by atoms with Crippen LogP contribution in [-0.2, 0) is 0 Å². The van der Waals surface area contributed by atoms with Crippen molar-refractivity contribution in [2.24, 2.45) is 0 Å². The van der Waals surface area contributed by atoms with Crippen LogP contribution in [-0.4, -0.2) is 29.5 Å². The van der Waals surface area contributed by atoms with E-state index in [9.17, 15) is 4.39 Å². The molecule has 4 heteroatoms. The number of benzene rings is 1. The normalized spacial score (nSPS) is 22.8. The van der Waals surface area contributed by atoms with Gasteiger partial charge in [0.2, 0.25) is 0 Å². The Morgan fingerprint density at radius 3 is 2.74 bits per heavy atom. The van der Waals surface area contributed by atoms with Crippen LogP contribution in [0.4, 0.5) is 4.39 Å². The molecule has 0 aliphatic carbocycles. The molecule has 4 rings (SSSR count). The number of rotatable bonds is 1. The predicted octanol–water partition coefficient (Wildman–Crippen LogP) is 4.15. The van der Waals surface area contributed by atoms with Gasteiger partial charge >= 0.3 is 0 Å². The number of halogens is 1. The van der Waals surface area contributed by atoms with Gasteiger partial charge in [0.15, 0.2) is 0 Å². The van der Waals surface area contributed by atoms with Crippen molar-refractivity contribution in [3.05, 3.63) is 52.6 Å². The van der Waals surface area contributed by atoms with Gasteiger partial charge in [-0.15, -0.1) is 0 Å². The highest BCUT2D eigenvalue weighted by Crippen LogP contribution is 2.49. The van der Waals surface area contributed by atoms with E-state index in [2.05, 4.69) is 16.8 Å². The number of hydrogen-bond acceptors (Lipinski definition) is 3. The monoisotopic (exact) mass is 312 g/mol. The summed E-state index contributed by atoms with van der Waals surface area (Å²) in [7, 11) is 0. The van der Waals surface area contributed by atoms with Crippen molar-refractivity contribution in [3.63, 3.8) is 0 Å². The summed E-state index contributed by atoms with van der Waals surface area (Å²) < 4.78 is 20.2. The SMILES string of the molecule is CCN1CC2c3cc(C)c(F)cc3Oc3cc(C)cnc3C2C1. The number of likely N-dealkylation sites (tertiary alicyclic amines) is 1. The second-order valence-electron chi connectivity index (χ2n) is 6.70. The summed E-state index contributed by atoms with van der Waals surface area (Å²) in [5.41, 5.74) is 3.85. The van der Waals surface area contributed by atoms with Gasteiger partial charge < -0.3 is 9.64 Å². The van der Waals surface area contributed by atoms with E-state index < -0.39 is 0 Å². The summed E-state index contributed by atoms with van der Waals surface area (Å²) in [4.78, 5) is 7.11. The molecule has 3 heterocycles. The minimum absolute atomic E-state index is 0.213. The molecule has 0 N–H and O–H groups in total. The van der Waals surface area contributed by atoms with Crippen LogP contribution in [0.15, 0.2) is 24.4 Å². The summed E-state index contributed by atoms with van der Waals surface area (Å²) in [5, 5.41) is 0. The van der Waals surface area contributed by atoms with E-state index in [1.807, 2.05) is 32.2 Å². The standard InChI is InChI=1S/C19H21FN2O/c1-4-22-9-14-13-6-12(3)16(20)7-17(13)23-18-5-11(2)8-21-19(18)15(14)10-22/h5-8,14-15H,4,9-10H2,1-3H3. The average Bonchev–Trinajstić information content (AvgIpc) is 2.90. The van der Waals surface area contributed by atoms with E-state index in [1.54, 1.807) is 0 Å². The average molecular weight is 312 g/mol. The van der Waals surface area contributed by atoms with Crippen LogP contribution in [0.1, 0.15) is 41.1 Å². The number of aromatic nitrogens is 1. The van der Waals surface area contributed by atoms with E-state index >= 15 is 0 Å². The highest BCUT2D eigenvalue weighted by molar-refractivity contribution is 5.50. The zero-order chi connectivity index (χ0) is 16.1. The highest BCUT2D eigenvalue weighted by Gasteiger charge is 2.40. The Morgan fingerprint density at radius 1 is 1.17 bits per heavy atom. The molecule has 1 fully saturated rings. The lowest BCUT2D eigenvalue weighted by molar-refractivity contribution is 0.347. The fourth-order valence-electron chi connectivity index (χ4n) is 3.83. The lowest BCUT2D eigenvalue weighted by atomic mass is 9.86. The molecule has 2 atom stereocenters. The minimum atomic E-state index is -0.213. The molecule has 1 aromatic carbocycles. The predicted molar refractivity (Wildman–Crippen MR) is 87.8 cm³/mol. The van der Waals surface area contributed by atoms with Gasteiger partial charge in [-0.25, -0.2) is 4.39 Å². The Morgan fingerprint density at radius 2 is 1.96 bits per heavy atom. The topological polar surface area (TPSA) is 25.4 Å². The molecule has 0 bridgehead atoms. The molecular formula is C19H21FN2O. The quantitative estimate of drug-likeness (QED) is 0.791. The Labute approximate surface area is 136 Å². The summed E-state index contributed by atoms with van der Waals surface area (Å²) in [5.74, 6) is 1.82. The van der Waals surface area contributed by atoms with Gasteiger partial charge in [0.1, 0.15) is 17.3 Å². The van der Waals surface area contributed by atoms with Crippen LogP contribution in [0.5, 0.6) is 11.5 Å². The molecule has 3 nitrogen and oxygen atoms in total. The minimum Gasteiger partial charge on any atom is -0.455 e. The van der Waals surface area contributed by atoms with Crippen LogP contribution < -0.4 is 4.74 Å². The van der Waals surface area contributed by atoms with Gasteiger partial charge in [-0.3, -0.25) is 4.98 Å². The van der Waals surface area contributed by atoms with E-state index in [1.165, 1.54) is 6.07 Å². The van der Waals surface area contributed by atoms with Gasteiger partial charge in [-0.2, -0.15) is 0 Å². The van der Waals surface area contributed by atoms with Crippen LogP contribution >= 0.6 is 0 Å². The van der Waals surface area contributed by atoms with Gasteiger partial charge in [0.25, 0.3) is 0 Å².